The fraction of sp³-hybridized carbons (Fsp3) is 0.231. The van der Waals surface area contributed by atoms with Crippen molar-refractivity contribution in [2.45, 2.75) is 19.9 Å². The lowest BCUT2D eigenvalue weighted by molar-refractivity contribution is 0.860. The SMILES string of the molecule is Cc1ccc(C(C)Nc2ccc(Cl)nn2)cc1. The van der Waals surface area contributed by atoms with Crippen molar-refractivity contribution < 1.29 is 0 Å². The Kier molecular flexibility index (Phi) is 3.59. The average Bonchev–Trinajstić information content (AvgIpc) is 2.33. The summed E-state index contributed by atoms with van der Waals surface area (Å²) in [6, 6.07) is 12.1. The molecule has 0 spiro atoms. The zero-order chi connectivity index (χ0) is 12.3. The van der Waals surface area contributed by atoms with E-state index in [1.807, 2.05) is 6.07 Å². The molecule has 0 aliphatic rings. The summed E-state index contributed by atoms with van der Waals surface area (Å²) in [6.07, 6.45) is 0. The molecular weight excluding hydrogens is 234 g/mol. The topological polar surface area (TPSA) is 37.8 Å². The largest absolute Gasteiger partial charge is 0.362 e. The van der Waals surface area contributed by atoms with Crippen LogP contribution in [0.5, 0.6) is 0 Å². The van der Waals surface area contributed by atoms with Crippen molar-refractivity contribution in [3.05, 3.63) is 52.7 Å². The Hall–Kier alpha value is -1.61. The highest BCUT2D eigenvalue weighted by Crippen LogP contribution is 2.18. The maximum atomic E-state index is 5.68. The van der Waals surface area contributed by atoms with Crippen LogP contribution in [-0.2, 0) is 0 Å². The van der Waals surface area contributed by atoms with Gasteiger partial charge in [0.2, 0.25) is 0 Å². The van der Waals surface area contributed by atoms with Crippen LogP contribution >= 0.6 is 11.6 Å². The molecule has 0 radical (unpaired) electrons. The van der Waals surface area contributed by atoms with Gasteiger partial charge in [0.1, 0.15) is 5.82 Å². The summed E-state index contributed by atoms with van der Waals surface area (Å²) in [6.45, 7) is 4.16. The Balaban J connectivity index is 2.08. The quantitative estimate of drug-likeness (QED) is 0.900. The van der Waals surface area contributed by atoms with Crippen LogP contribution in [-0.4, -0.2) is 10.2 Å². The zero-order valence-corrected chi connectivity index (χ0v) is 10.6. The second kappa shape index (κ2) is 5.15. The molecule has 17 heavy (non-hydrogen) atoms. The summed E-state index contributed by atoms with van der Waals surface area (Å²) in [5, 5.41) is 11.4. The van der Waals surface area contributed by atoms with Gasteiger partial charge in [0, 0.05) is 6.04 Å². The molecule has 1 atom stereocenters. The van der Waals surface area contributed by atoms with Gasteiger partial charge in [-0.25, -0.2) is 0 Å². The highest BCUT2D eigenvalue weighted by Gasteiger charge is 2.05. The molecule has 0 fully saturated rings. The molecule has 2 rings (SSSR count). The molecule has 2 aromatic rings. The molecule has 1 aromatic carbocycles. The second-order valence-electron chi connectivity index (χ2n) is 4.02. The molecule has 0 aliphatic carbocycles. The van der Waals surface area contributed by atoms with E-state index in [0.29, 0.717) is 5.15 Å². The zero-order valence-electron chi connectivity index (χ0n) is 9.81. The van der Waals surface area contributed by atoms with Crippen LogP contribution in [0.25, 0.3) is 0 Å². The van der Waals surface area contributed by atoms with Gasteiger partial charge in [-0.1, -0.05) is 41.4 Å². The van der Waals surface area contributed by atoms with Crippen molar-refractivity contribution in [2.75, 3.05) is 5.32 Å². The van der Waals surface area contributed by atoms with E-state index in [2.05, 4.69) is 53.6 Å². The standard InChI is InChI=1S/C13H14ClN3/c1-9-3-5-11(6-4-9)10(2)15-13-8-7-12(14)16-17-13/h3-8,10H,1-2H3,(H,15,17). The Morgan fingerprint density at radius 1 is 1.06 bits per heavy atom. The molecule has 1 heterocycles. The van der Waals surface area contributed by atoms with Crippen LogP contribution in [0.15, 0.2) is 36.4 Å². The minimum Gasteiger partial charge on any atom is -0.362 e. The number of hydrogen-bond donors (Lipinski definition) is 1. The molecule has 4 heteroatoms. The Morgan fingerprint density at radius 3 is 2.35 bits per heavy atom. The van der Waals surface area contributed by atoms with Crippen molar-refractivity contribution in [3.8, 4) is 0 Å². The maximum Gasteiger partial charge on any atom is 0.151 e. The van der Waals surface area contributed by atoms with E-state index in [0.717, 1.165) is 5.82 Å². The Labute approximate surface area is 106 Å². The predicted molar refractivity (Wildman–Crippen MR) is 70.3 cm³/mol. The summed E-state index contributed by atoms with van der Waals surface area (Å²) in [5.74, 6) is 0.725. The molecule has 0 saturated carbocycles. The van der Waals surface area contributed by atoms with Crippen LogP contribution in [0.4, 0.5) is 5.82 Å². The number of benzene rings is 1. The van der Waals surface area contributed by atoms with Crippen LogP contribution < -0.4 is 5.32 Å². The van der Waals surface area contributed by atoms with E-state index in [1.165, 1.54) is 11.1 Å². The van der Waals surface area contributed by atoms with Crippen molar-refractivity contribution >= 4 is 17.4 Å². The van der Waals surface area contributed by atoms with E-state index in [-0.39, 0.29) is 6.04 Å². The molecule has 1 N–H and O–H groups in total. The predicted octanol–water partition coefficient (Wildman–Crippen LogP) is 3.61. The van der Waals surface area contributed by atoms with Gasteiger partial charge in [-0.05, 0) is 31.5 Å². The van der Waals surface area contributed by atoms with Crippen molar-refractivity contribution in [1.82, 2.24) is 10.2 Å². The average molecular weight is 248 g/mol. The number of anilines is 1. The third-order valence-electron chi connectivity index (χ3n) is 2.57. The fourth-order valence-corrected chi connectivity index (χ4v) is 1.65. The molecule has 1 unspecified atom stereocenters. The van der Waals surface area contributed by atoms with Gasteiger partial charge in [-0.15, -0.1) is 10.2 Å². The summed E-state index contributed by atoms with van der Waals surface area (Å²) < 4.78 is 0. The third kappa shape index (κ3) is 3.17. The number of nitrogens with one attached hydrogen (secondary N) is 1. The number of halogens is 1. The number of aromatic nitrogens is 2. The van der Waals surface area contributed by atoms with Gasteiger partial charge in [0.05, 0.1) is 0 Å². The summed E-state index contributed by atoms with van der Waals surface area (Å²) in [5.41, 5.74) is 2.47. The van der Waals surface area contributed by atoms with Crippen LogP contribution in [0.2, 0.25) is 5.15 Å². The number of rotatable bonds is 3. The van der Waals surface area contributed by atoms with Crippen molar-refractivity contribution in [2.24, 2.45) is 0 Å². The van der Waals surface area contributed by atoms with Crippen LogP contribution in [0.3, 0.4) is 0 Å². The van der Waals surface area contributed by atoms with Gasteiger partial charge in [0.15, 0.2) is 5.15 Å². The Morgan fingerprint density at radius 2 is 1.76 bits per heavy atom. The molecule has 0 amide bonds. The molecule has 0 aliphatic heterocycles. The van der Waals surface area contributed by atoms with Gasteiger partial charge in [0.25, 0.3) is 0 Å². The maximum absolute atomic E-state index is 5.68. The van der Waals surface area contributed by atoms with Crippen molar-refractivity contribution in [1.29, 1.82) is 0 Å². The van der Waals surface area contributed by atoms with Gasteiger partial charge >= 0.3 is 0 Å². The minimum absolute atomic E-state index is 0.186. The first-order valence-corrected chi connectivity index (χ1v) is 5.85. The second-order valence-corrected chi connectivity index (χ2v) is 4.41. The lowest BCUT2D eigenvalue weighted by atomic mass is 10.1. The third-order valence-corrected chi connectivity index (χ3v) is 2.78. The summed E-state index contributed by atoms with van der Waals surface area (Å²) >= 11 is 5.68. The van der Waals surface area contributed by atoms with E-state index in [4.69, 9.17) is 11.6 Å². The Bertz CT molecular complexity index is 479. The molecular formula is C13H14ClN3. The van der Waals surface area contributed by atoms with E-state index >= 15 is 0 Å². The van der Waals surface area contributed by atoms with Gasteiger partial charge in [-0.2, -0.15) is 0 Å². The molecule has 0 bridgehead atoms. The van der Waals surface area contributed by atoms with Gasteiger partial charge < -0.3 is 5.32 Å². The van der Waals surface area contributed by atoms with Gasteiger partial charge in [-0.3, -0.25) is 0 Å². The monoisotopic (exact) mass is 247 g/mol. The highest BCUT2D eigenvalue weighted by molar-refractivity contribution is 6.29. The lowest BCUT2D eigenvalue weighted by Crippen LogP contribution is -2.08. The highest BCUT2D eigenvalue weighted by atomic mass is 35.5. The van der Waals surface area contributed by atoms with Crippen LogP contribution in [0.1, 0.15) is 24.1 Å². The summed E-state index contributed by atoms with van der Waals surface area (Å²) in [7, 11) is 0. The number of hydrogen-bond acceptors (Lipinski definition) is 3. The fourth-order valence-electron chi connectivity index (χ4n) is 1.55. The smallest absolute Gasteiger partial charge is 0.151 e. The van der Waals surface area contributed by atoms with E-state index in [1.54, 1.807) is 6.07 Å². The normalized spacial score (nSPS) is 12.2. The molecule has 88 valence electrons. The first kappa shape index (κ1) is 11.9. The first-order valence-electron chi connectivity index (χ1n) is 5.47. The number of aryl methyl sites for hydroxylation is 1. The first-order chi connectivity index (χ1) is 8.15. The van der Waals surface area contributed by atoms with Crippen molar-refractivity contribution in [3.63, 3.8) is 0 Å². The van der Waals surface area contributed by atoms with E-state index < -0.39 is 0 Å². The lowest BCUT2D eigenvalue weighted by Gasteiger charge is -2.14. The minimum atomic E-state index is 0.186. The molecule has 0 saturated heterocycles. The molecule has 3 nitrogen and oxygen atoms in total. The van der Waals surface area contributed by atoms with E-state index in [9.17, 15) is 0 Å². The molecule has 1 aromatic heterocycles. The number of nitrogens with zero attached hydrogens (tertiary/aromatic N) is 2. The summed E-state index contributed by atoms with van der Waals surface area (Å²) in [4.78, 5) is 0. The van der Waals surface area contributed by atoms with Crippen LogP contribution in [0, 0.1) is 6.92 Å².